The number of hydrogen-bond donors (Lipinski definition) is 2. The molecule has 3 atom stereocenters. The Hall–Kier alpha value is -3.34. The maximum atomic E-state index is 13.9. The molecule has 1 fully saturated rings. The van der Waals surface area contributed by atoms with E-state index in [0.717, 1.165) is 18.9 Å². The van der Waals surface area contributed by atoms with Crippen LogP contribution in [0.1, 0.15) is 43.9 Å². The third kappa shape index (κ3) is 5.22. The van der Waals surface area contributed by atoms with E-state index in [1.807, 2.05) is 0 Å². The molecule has 0 aromatic heterocycles. The van der Waals surface area contributed by atoms with Crippen LogP contribution in [0.3, 0.4) is 0 Å². The summed E-state index contributed by atoms with van der Waals surface area (Å²) in [6.07, 6.45) is -1.57. The predicted octanol–water partition coefficient (Wildman–Crippen LogP) is 3.37. The van der Waals surface area contributed by atoms with Gasteiger partial charge in [0, 0.05) is 19.7 Å². The van der Waals surface area contributed by atoms with Crippen LogP contribution in [0.25, 0.3) is 0 Å². The minimum Gasteiger partial charge on any atom is -0.376 e. The molecule has 1 aromatic carbocycles. The lowest BCUT2D eigenvalue weighted by Crippen LogP contribution is -2.52. The molecule has 0 saturated carbocycles. The molecule has 4 rings (SSSR count). The van der Waals surface area contributed by atoms with E-state index < -0.39 is 35.8 Å². The van der Waals surface area contributed by atoms with Crippen molar-refractivity contribution in [2.45, 2.75) is 51.1 Å². The zero-order valence-electron chi connectivity index (χ0n) is 20.8. The van der Waals surface area contributed by atoms with Crippen molar-refractivity contribution >= 4 is 17.8 Å². The number of alkyl halides is 3. The molecule has 0 aliphatic carbocycles. The SMILES string of the molecule is C=CCN1C(=O)N[C@@H](c2ccccc2C(F)(F)F)C2=C1CN([C@@H](C(=O)NC[C@H]1CCCO1)C(C)C)C2=O. The van der Waals surface area contributed by atoms with Gasteiger partial charge in [-0.2, -0.15) is 13.2 Å². The number of amides is 4. The summed E-state index contributed by atoms with van der Waals surface area (Å²) in [7, 11) is 0. The van der Waals surface area contributed by atoms with Gasteiger partial charge in [0.15, 0.2) is 0 Å². The van der Waals surface area contributed by atoms with Crippen LogP contribution in [0.2, 0.25) is 0 Å². The second kappa shape index (κ2) is 10.6. The third-order valence-corrected chi connectivity index (χ3v) is 6.90. The fourth-order valence-electron chi connectivity index (χ4n) is 5.23. The van der Waals surface area contributed by atoms with Crippen molar-refractivity contribution in [3.63, 3.8) is 0 Å². The number of carbonyl (C=O) groups excluding carboxylic acids is 3. The van der Waals surface area contributed by atoms with Gasteiger partial charge >= 0.3 is 12.2 Å². The summed E-state index contributed by atoms with van der Waals surface area (Å²) in [6, 6.07) is 2.02. The molecule has 4 amide bonds. The Kier molecular flexibility index (Phi) is 7.63. The molecule has 200 valence electrons. The van der Waals surface area contributed by atoms with Gasteiger partial charge in [-0.3, -0.25) is 14.5 Å². The van der Waals surface area contributed by atoms with Gasteiger partial charge in [-0.25, -0.2) is 4.79 Å². The summed E-state index contributed by atoms with van der Waals surface area (Å²) in [4.78, 5) is 42.7. The number of carbonyl (C=O) groups is 3. The van der Waals surface area contributed by atoms with Gasteiger partial charge in [-0.05, 0) is 30.4 Å². The number of halogens is 3. The molecular weight excluding hydrogens is 489 g/mol. The summed E-state index contributed by atoms with van der Waals surface area (Å²) in [5.41, 5.74) is -0.873. The van der Waals surface area contributed by atoms with Crippen molar-refractivity contribution < 1.29 is 32.3 Å². The topological polar surface area (TPSA) is 91.0 Å². The number of rotatable bonds is 8. The number of hydrogen-bond acceptors (Lipinski definition) is 4. The van der Waals surface area contributed by atoms with Gasteiger partial charge in [0.05, 0.1) is 35.5 Å². The molecule has 8 nitrogen and oxygen atoms in total. The summed E-state index contributed by atoms with van der Waals surface area (Å²) < 4.78 is 47.1. The van der Waals surface area contributed by atoms with Gasteiger partial charge in [-0.1, -0.05) is 38.1 Å². The Bertz CT molecular complexity index is 1110. The second-order valence-electron chi connectivity index (χ2n) is 9.73. The molecule has 1 aromatic rings. The number of nitrogens with zero attached hydrogens (tertiary/aromatic N) is 2. The molecule has 0 spiro atoms. The molecular formula is C26H31F3N4O4. The first-order valence-electron chi connectivity index (χ1n) is 12.3. The lowest BCUT2D eigenvalue weighted by Gasteiger charge is -2.33. The van der Waals surface area contributed by atoms with E-state index in [1.165, 1.54) is 34.1 Å². The fraction of sp³-hybridized carbons (Fsp3) is 0.500. The molecule has 3 aliphatic heterocycles. The van der Waals surface area contributed by atoms with Gasteiger partial charge in [0.1, 0.15) is 6.04 Å². The van der Waals surface area contributed by atoms with Crippen molar-refractivity contribution in [2.75, 3.05) is 26.2 Å². The maximum Gasteiger partial charge on any atom is 0.416 e. The third-order valence-electron chi connectivity index (χ3n) is 6.90. The average molecular weight is 521 g/mol. The quantitative estimate of drug-likeness (QED) is 0.515. The highest BCUT2D eigenvalue weighted by atomic mass is 19.4. The zero-order chi connectivity index (χ0) is 26.9. The molecule has 1 saturated heterocycles. The van der Waals surface area contributed by atoms with Crippen LogP contribution in [0, 0.1) is 5.92 Å². The summed E-state index contributed by atoms with van der Waals surface area (Å²) in [6.45, 7) is 8.15. The highest BCUT2D eigenvalue weighted by Gasteiger charge is 2.49. The van der Waals surface area contributed by atoms with Crippen LogP contribution in [-0.2, 0) is 20.5 Å². The van der Waals surface area contributed by atoms with Crippen LogP contribution in [0.15, 0.2) is 48.2 Å². The Morgan fingerprint density at radius 1 is 1.30 bits per heavy atom. The minimum absolute atomic E-state index is 0.0238. The van der Waals surface area contributed by atoms with E-state index in [-0.39, 0.29) is 47.9 Å². The van der Waals surface area contributed by atoms with E-state index in [2.05, 4.69) is 17.2 Å². The Morgan fingerprint density at radius 3 is 2.65 bits per heavy atom. The lowest BCUT2D eigenvalue weighted by atomic mass is 9.91. The van der Waals surface area contributed by atoms with Crippen LogP contribution < -0.4 is 10.6 Å². The zero-order valence-corrected chi connectivity index (χ0v) is 20.8. The standard InChI is InChI=1S/C26H31F3N4O4/c1-4-11-32-19-14-33(22(15(2)3)23(34)30-13-16-8-7-12-37-16)24(35)20(19)21(31-25(32)36)17-9-5-6-10-18(17)26(27,28)29/h4-6,9-10,15-16,21-22H,1,7-8,11-14H2,2-3H3,(H,30,34)(H,31,36)/t16-,21+,22-/m1/s1. The molecule has 0 bridgehead atoms. The highest BCUT2D eigenvalue weighted by Crippen LogP contribution is 2.42. The lowest BCUT2D eigenvalue weighted by molar-refractivity contribution is -0.139. The molecule has 0 radical (unpaired) electrons. The molecule has 11 heteroatoms. The Balaban J connectivity index is 1.70. The molecule has 2 N–H and O–H groups in total. The summed E-state index contributed by atoms with van der Waals surface area (Å²) >= 11 is 0. The smallest absolute Gasteiger partial charge is 0.376 e. The molecule has 0 unspecified atom stereocenters. The molecule has 3 heterocycles. The summed E-state index contributed by atoms with van der Waals surface area (Å²) in [5.74, 6) is -1.26. The Morgan fingerprint density at radius 2 is 2.03 bits per heavy atom. The van der Waals surface area contributed by atoms with Crippen LogP contribution >= 0.6 is 0 Å². The molecule has 3 aliphatic rings. The van der Waals surface area contributed by atoms with Crippen molar-refractivity contribution in [2.24, 2.45) is 5.92 Å². The summed E-state index contributed by atoms with van der Waals surface area (Å²) in [5, 5.41) is 5.44. The second-order valence-corrected chi connectivity index (χ2v) is 9.73. The Labute approximate surface area is 213 Å². The van der Waals surface area contributed by atoms with Crippen molar-refractivity contribution in [1.82, 2.24) is 20.4 Å². The van der Waals surface area contributed by atoms with E-state index in [0.29, 0.717) is 13.2 Å². The van der Waals surface area contributed by atoms with Crippen molar-refractivity contribution in [3.8, 4) is 0 Å². The number of benzene rings is 1. The first-order chi connectivity index (χ1) is 17.5. The van der Waals surface area contributed by atoms with E-state index in [1.54, 1.807) is 13.8 Å². The van der Waals surface area contributed by atoms with E-state index >= 15 is 0 Å². The van der Waals surface area contributed by atoms with Crippen LogP contribution in [-0.4, -0.2) is 66.0 Å². The van der Waals surface area contributed by atoms with Gasteiger partial charge < -0.3 is 20.3 Å². The normalized spacial score (nSPS) is 22.9. The van der Waals surface area contributed by atoms with Gasteiger partial charge in [0.25, 0.3) is 5.91 Å². The van der Waals surface area contributed by atoms with E-state index in [4.69, 9.17) is 4.74 Å². The minimum atomic E-state index is -4.69. The average Bonchev–Trinajstić information content (AvgIpc) is 3.47. The van der Waals surface area contributed by atoms with Gasteiger partial charge in [-0.15, -0.1) is 6.58 Å². The van der Waals surface area contributed by atoms with Crippen LogP contribution in [0.4, 0.5) is 18.0 Å². The number of nitrogens with one attached hydrogen (secondary N) is 2. The first kappa shape index (κ1) is 26.7. The monoisotopic (exact) mass is 520 g/mol. The maximum absolute atomic E-state index is 13.9. The molecule has 37 heavy (non-hydrogen) atoms. The highest BCUT2D eigenvalue weighted by molar-refractivity contribution is 6.03. The van der Waals surface area contributed by atoms with E-state index in [9.17, 15) is 27.6 Å². The first-order valence-corrected chi connectivity index (χ1v) is 12.3. The van der Waals surface area contributed by atoms with Crippen LogP contribution in [0.5, 0.6) is 0 Å². The van der Waals surface area contributed by atoms with Crippen molar-refractivity contribution in [1.29, 1.82) is 0 Å². The fourth-order valence-corrected chi connectivity index (χ4v) is 5.23. The predicted molar refractivity (Wildman–Crippen MR) is 129 cm³/mol. The number of ether oxygens (including phenoxy) is 1. The van der Waals surface area contributed by atoms with Gasteiger partial charge in [0.2, 0.25) is 5.91 Å². The van der Waals surface area contributed by atoms with Crippen molar-refractivity contribution in [3.05, 3.63) is 59.3 Å². The largest absolute Gasteiger partial charge is 0.416 e. The number of urea groups is 1.